The van der Waals surface area contributed by atoms with Crippen LogP contribution < -0.4 is 0 Å². The van der Waals surface area contributed by atoms with Gasteiger partial charge in [-0.05, 0) is 52.1 Å². The van der Waals surface area contributed by atoms with E-state index < -0.39 is 0 Å². The predicted molar refractivity (Wildman–Crippen MR) is 136 cm³/mol. The summed E-state index contributed by atoms with van der Waals surface area (Å²) in [4.78, 5) is 1.62. The zero-order valence-electron chi connectivity index (χ0n) is 20.8. The summed E-state index contributed by atoms with van der Waals surface area (Å²) < 4.78 is 0. The maximum atomic E-state index is 11.2. The first kappa shape index (κ1) is 23.0. The topological polar surface area (TPSA) is 50.9 Å². The molecular weight excluding hydrogens is 406 g/mol. The molecule has 1 aromatic heterocycles. The number of nitrogens with zero attached hydrogens (tertiary/aromatic N) is 3. The van der Waals surface area contributed by atoms with Gasteiger partial charge in [-0.2, -0.15) is 0 Å². The molecular formula is C29H35N3O. The zero-order valence-corrected chi connectivity index (χ0v) is 20.8. The summed E-state index contributed by atoms with van der Waals surface area (Å²) in [5, 5.41) is 20.7. The van der Waals surface area contributed by atoms with Gasteiger partial charge in [0.05, 0.1) is 0 Å². The number of fused-ring (bicyclic) bond motifs is 1. The third kappa shape index (κ3) is 4.39. The van der Waals surface area contributed by atoms with Crippen molar-refractivity contribution < 1.29 is 5.11 Å². The fourth-order valence-corrected chi connectivity index (χ4v) is 5.36. The molecule has 4 rings (SSSR count). The number of aromatic nitrogens is 3. The molecule has 0 aliphatic heterocycles. The van der Waals surface area contributed by atoms with Crippen molar-refractivity contribution in [3.8, 4) is 11.4 Å². The van der Waals surface area contributed by atoms with Gasteiger partial charge in [0.15, 0.2) is 0 Å². The number of rotatable bonds is 5. The Morgan fingerprint density at radius 2 is 1.27 bits per heavy atom. The van der Waals surface area contributed by atoms with Crippen molar-refractivity contribution in [3.05, 3.63) is 83.4 Å². The summed E-state index contributed by atoms with van der Waals surface area (Å²) in [6.07, 6.45) is 0.997. The number of phenolic OH excluding ortho intramolecular Hbond substituents is 1. The average molecular weight is 442 g/mol. The molecule has 0 radical (unpaired) electrons. The predicted octanol–water partition coefficient (Wildman–Crippen LogP) is 7.17. The SMILES string of the molecule is CC(C)(C)CC(C)(C)c1ccc(O)c(-n2nc3ccccc3n2)c1C(C)(C)c1ccccc1. The summed E-state index contributed by atoms with van der Waals surface area (Å²) in [6, 6.07) is 22.2. The highest BCUT2D eigenvalue weighted by molar-refractivity contribution is 5.74. The lowest BCUT2D eigenvalue weighted by Crippen LogP contribution is -2.32. The van der Waals surface area contributed by atoms with Crippen molar-refractivity contribution in [1.29, 1.82) is 0 Å². The lowest BCUT2D eigenvalue weighted by molar-refractivity contribution is 0.281. The molecule has 172 valence electrons. The molecule has 0 aliphatic carbocycles. The van der Waals surface area contributed by atoms with Crippen LogP contribution in [0.2, 0.25) is 0 Å². The van der Waals surface area contributed by atoms with Gasteiger partial charge in [0.2, 0.25) is 0 Å². The number of hydrogen-bond donors (Lipinski definition) is 1. The van der Waals surface area contributed by atoms with E-state index in [1.807, 2.05) is 30.3 Å². The van der Waals surface area contributed by atoms with Crippen molar-refractivity contribution in [2.45, 2.75) is 65.7 Å². The van der Waals surface area contributed by atoms with Crippen LogP contribution in [-0.4, -0.2) is 20.1 Å². The largest absolute Gasteiger partial charge is 0.506 e. The third-order valence-electron chi connectivity index (χ3n) is 6.47. The minimum Gasteiger partial charge on any atom is -0.506 e. The molecule has 0 atom stereocenters. The Labute approximate surface area is 197 Å². The van der Waals surface area contributed by atoms with E-state index in [-0.39, 0.29) is 22.0 Å². The van der Waals surface area contributed by atoms with Crippen LogP contribution in [0.15, 0.2) is 66.7 Å². The molecule has 0 unspecified atom stereocenters. The maximum absolute atomic E-state index is 11.2. The molecule has 4 aromatic rings. The standard InChI is InChI=1S/C29H35N3O/c1-27(2,3)19-28(4,5)21-17-18-24(33)26(32-30-22-15-11-12-16-23(22)31-32)25(21)29(6,7)20-13-9-8-10-14-20/h8-18,33H,19H2,1-7H3. The third-order valence-corrected chi connectivity index (χ3v) is 6.47. The van der Waals surface area contributed by atoms with Crippen molar-refractivity contribution in [2.75, 3.05) is 0 Å². The highest BCUT2D eigenvalue weighted by Crippen LogP contribution is 2.47. The first-order chi connectivity index (χ1) is 15.4. The second kappa shape index (κ2) is 8.02. The summed E-state index contributed by atoms with van der Waals surface area (Å²) in [7, 11) is 0. The molecule has 0 spiro atoms. The molecule has 0 saturated carbocycles. The van der Waals surface area contributed by atoms with E-state index >= 15 is 0 Å². The number of aromatic hydroxyl groups is 1. The van der Waals surface area contributed by atoms with Crippen LogP contribution in [0.4, 0.5) is 0 Å². The second-order valence-corrected chi connectivity index (χ2v) is 11.4. The highest BCUT2D eigenvalue weighted by atomic mass is 16.3. The molecule has 3 aromatic carbocycles. The molecule has 0 fully saturated rings. The fraction of sp³-hybridized carbons (Fsp3) is 0.379. The van der Waals surface area contributed by atoms with Gasteiger partial charge in [0, 0.05) is 5.41 Å². The van der Waals surface area contributed by atoms with Crippen LogP contribution in [0.1, 0.15) is 71.6 Å². The Morgan fingerprint density at radius 1 is 0.727 bits per heavy atom. The number of phenols is 1. The van der Waals surface area contributed by atoms with E-state index in [9.17, 15) is 5.11 Å². The van der Waals surface area contributed by atoms with E-state index in [2.05, 4.69) is 78.8 Å². The van der Waals surface area contributed by atoms with Gasteiger partial charge in [-0.1, -0.05) is 97.0 Å². The monoisotopic (exact) mass is 441 g/mol. The summed E-state index contributed by atoms with van der Waals surface area (Å²) in [5.74, 6) is 0.185. The molecule has 0 aliphatic rings. The molecule has 4 nitrogen and oxygen atoms in total. The van der Waals surface area contributed by atoms with Gasteiger partial charge < -0.3 is 5.11 Å². The Balaban J connectivity index is 2.06. The molecule has 4 heteroatoms. The Kier molecular flexibility index (Phi) is 5.60. The molecule has 0 amide bonds. The van der Waals surface area contributed by atoms with Crippen molar-refractivity contribution in [3.63, 3.8) is 0 Å². The first-order valence-corrected chi connectivity index (χ1v) is 11.7. The highest BCUT2D eigenvalue weighted by Gasteiger charge is 2.38. The van der Waals surface area contributed by atoms with E-state index in [0.29, 0.717) is 5.69 Å². The Bertz CT molecular complexity index is 1240. The molecule has 33 heavy (non-hydrogen) atoms. The normalized spacial score (nSPS) is 12.9. The van der Waals surface area contributed by atoms with Gasteiger partial charge in [-0.25, -0.2) is 0 Å². The number of benzene rings is 3. The minimum atomic E-state index is -0.389. The van der Waals surface area contributed by atoms with Crippen LogP contribution in [0.25, 0.3) is 16.7 Å². The molecule has 1 N–H and O–H groups in total. The minimum absolute atomic E-state index is 0.130. The van der Waals surface area contributed by atoms with Crippen LogP contribution in [0.3, 0.4) is 0 Å². The fourth-order valence-electron chi connectivity index (χ4n) is 5.36. The van der Waals surface area contributed by atoms with E-state index in [4.69, 9.17) is 10.2 Å². The van der Waals surface area contributed by atoms with Crippen molar-refractivity contribution >= 4 is 11.0 Å². The van der Waals surface area contributed by atoms with Crippen molar-refractivity contribution in [2.24, 2.45) is 5.41 Å². The van der Waals surface area contributed by atoms with Gasteiger partial charge in [0.1, 0.15) is 22.5 Å². The molecule has 0 saturated heterocycles. The van der Waals surface area contributed by atoms with Crippen LogP contribution >= 0.6 is 0 Å². The van der Waals surface area contributed by atoms with Gasteiger partial charge in [0.25, 0.3) is 0 Å². The van der Waals surface area contributed by atoms with Crippen LogP contribution in [0, 0.1) is 5.41 Å². The lowest BCUT2D eigenvalue weighted by Gasteiger charge is -2.39. The Hall–Kier alpha value is -3.14. The van der Waals surface area contributed by atoms with Gasteiger partial charge in [-0.15, -0.1) is 15.0 Å². The van der Waals surface area contributed by atoms with E-state index in [1.165, 1.54) is 11.1 Å². The Morgan fingerprint density at radius 3 is 1.82 bits per heavy atom. The second-order valence-electron chi connectivity index (χ2n) is 11.4. The average Bonchev–Trinajstić information content (AvgIpc) is 3.16. The molecule has 0 bridgehead atoms. The smallest absolute Gasteiger partial charge is 0.143 e. The van der Waals surface area contributed by atoms with Crippen molar-refractivity contribution in [1.82, 2.24) is 15.0 Å². The maximum Gasteiger partial charge on any atom is 0.143 e. The summed E-state index contributed by atoms with van der Waals surface area (Å²) in [5.41, 5.74) is 5.34. The lowest BCUT2D eigenvalue weighted by atomic mass is 9.66. The number of hydrogen-bond acceptors (Lipinski definition) is 3. The van der Waals surface area contributed by atoms with Gasteiger partial charge in [-0.3, -0.25) is 0 Å². The van der Waals surface area contributed by atoms with E-state index in [0.717, 1.165) is 23.0 Å². The zero-order chi connectivity index (χ0) is 24.0. The quantitative estimate of drug-likeness (QED) is 0.357. The molecule has 1 heterocycles. The summed E-state index contributed by atoms with van der Waals surface area (Å²) >= 11 is 0. The van der Waals surface area contributed by atoms with Crippen LogP contribution in [0.5, 0.6) is 5.75 Å². The van der Waals surface area contributed by atoms with Gasteiger partial charge >= 0.3 is 0 Å². The first-order valence-electron chi connectivity index (χ1n) is 11.7. The van der Waals surface area contributed by atoms with E-state index in [1.54, 1.807) is 10.9 Å². The summed E-state index contributed by atoms with van der Waals surface area (Å²) in [6.45, 7) is 15.9. The van der Waals surface area contributed by atoms with Crippen LogP contribution in [-0.2, 0) is 10.8 Å².